The minimum absolute atomic E-state index is 0.457. The van der Waals surface area contributed by atoms with E-state index in [2.05, 4.69) is 78.9 Å². The Morgan fingerprint density at radius 3 is 2.58 bits per heavy atom. The predicted molar refractivity (Wildman–Crippen MR) is 112 cm³/mol. The lowest BCUT2D eigenvalue weighted by Crippen LogP contribution is -2.09. The van der Waals surface area contributed by atoms with Crippen LogP contribution in [0.4, 0.5) is 0 Å². The molecule has 0 aromatic heterocycles. The average molecular weight is 336 g/mol. The molecule has 26 heavy (non-hydrogen) atoms. The summed E-state index contributed by atoms with van der Waals surface area (Å²) in [6.07, 6.45) is 13.4. The first-order chi connectivity index (χ1) is 12.9. The summed E-state index contributed by atoms with van der Waals surface area (Å²) in [6, 6.07) is 22.5. The van der Waals surface area contributed by atoms with Gasteiger partial charge in [-0.15, -0.1) is 0 Å². The molecule has 0 spiro atoms. The molecule has 0 saturated carbocycles. The lowest BCUT2D eigenvalue weighted by atomic mass is 9.77. The number of benzene rings is 3. The van der Waals surface area contributed by atoms with Crippen molar-refractivity contribution in [1.82, 2.24) is 0 Å². The first-order valence-corrected chi connectivity index (χ1v) is 9.88. The molecule has 0 fully saturated rings. The van der Waals surface area contributed by atoms with Crippen molar-refractivity contribution in [3.63, 3.8) is 0 Å². The highest BCUT2D eigenvalue weighted by molar-refractivity contribution is 5.93. The second-order valence-corrected chi connectivity index (χ2v) is 7.54. The van der Waals surface area contributed by atoms with Crippen molar-refractivity contribution in [2.45, 2.75) is 38.0 Å². The Kier molecular flexibility index (Phi) is 3.97. The Labute approximate surface area is 155 Å². The second-order valence-electron chi connectivity index (χ2n) is 7.54. The fraction of sp³-hybridized carbons (Fsp3) is 0.231. The highest BCUT2D eigenvalue weighted by atomic mass is 14.3. The second kappa shape index (κ2) is 6.61. The number of allylic oxidation sites excluding steroid dienone is 3. The van der Waals surface area contributed by atoms with Crippen molar-refractivity contribution in [2.75, 3.05) is 0 Å². The van der Waals surface area contributed by atoms with Crippen molar-refractivity contribution in [3.05, 3.63) is 95.1 Å². The summed E-state index contributed by atoms with van der Waals surface area (Å²) in [5.41, 5.74) is 7.43. The van der Waals surface area contributed by atoms with Gasteiger partial charge in [-0.3, -0.25) is 0 Å². The quantitative estimate of drug-likeness (QED) is 0.459. The number of rotatable bonds is 2. The van der Waals surface area contributed by atoms with E-state index in [1.54, 1.807) is 5.57 Å². The highest BCUT2D eigenvalue weighted by Gasteiger charge is 2.23. The molecule has 5 rings (SSSR count). The van der Waals surface area contributed by atoms with E-state index in [0.29, 0.717) is 5.92 Å². The molecule has 3 aromatic carbocycles. The normalized spacial score (nSPS) is 19.2. The lowest BCUT2D eigenvalue weighted by Gasteiger charge is -2.27. The minimum atomic E-state index is 0.457. The van der Waals surface area contributed by atoms with Crippen LogP contribution < -0.4 is 0 Å². The third kappa shape index (κ3) is 2.61. The molecule has 0 nitrogen and oxygen atoms in total. The SMILES string of the molecule is C1=Cc2c(ccc3ccccc23)C(c2ccccc2C2=CCCCC2)C1. The topological polar surface area (TPSA) is 0 Å². The van der Waals surface area contributed by atoms with Crippen LogP contribution in [0.3, 0.4) is 0 Å². The van der Waals surface area contributed by atoms with E-state index in [9.17, 15) is 0 Å². The van der Waals surface area contributed by atoms with Crippen molar-refractivity contribution in [2.24, 2.45) is 0 Å². The van der Waals surface area contributed by atoms with Gasteiger partial charge in [-0.05, 0) is 70.7 Å². The zero-order valence-corrected chi connectivity index (χ0v) is 15.1. The van der Waals surface area contributed by atoms with E-state index in [4.69, 9.17) is 0 Å². The summed E-state index contributed by atoms with van der Waals surface area (Å²) in [7, 11) is 0. The van der Waals surface area contributed by atoms with Crippen molar-refractivity contribution < 1.29 is 0 Å². The fourth-order valence-electron chi connectivity index (χ4n) is 4.72. The lowest BCUT2D eigenvalue weighted by molar-refractivity contribution is 0.738. The van der Waals surface area contributed by atoms with Crippen LogP contribution in [0, 0.1) is 0 Å². The van der Waals surface area contributed by atoms with Crippen LogP contribution in [0.2, 0.25) is 0 Å². The van der Waals surface area contributed by atoms with Crippen LogP contribution >= 0.6 is 0 Å². The summed E-state index contributed by atoms with van der Waals surface area (Å²) < 4.78 is 0. The minimum Gasteiger partial charge on any atom is -0.0830 e. The van der Waals surface area contributed by atoms with Crippen LogP contribution in [0.5, 0.6) is 0 Å². The van der Waals surface area contributed by atoms with Gasteiger partial charge in [0.05, 0.1) is 0 Å². The van der Waals surface area contributed by atoms with Gasteiger partial charge in [-0.1, -0.05) is 78.9 Å². The maximum atomic E-state index is 2.47. The summed E-state index contributed by atoms with van der Waals surface area (Å²) in [5, 5.41) is 2.71. The van der Waals surface area contributed by atoms with Gasteiger partial charge < -0.3 is 0 Å². The first-order valence-electron chi connectivity index (χ1n) is 9.88. The van der Waals surface area contributed by atoms with E-state index >= 15 is 0 Å². The smallest absolute Gasteiger partial charge is 0.0136 e. The van der Waals surface area contributed by atoms with E-state index in [1.807, 2.05) is 0 Å². The molecule has 128 valence electrons. The molecule has 0 saturated heterocycles. The van der Waals surface area contributed by atoms with Gasteiger partial charge in [-0.2, -0.15) is 0 Å². The molecule has 0 heterocycles. The third-order valence-corrected chi connectivity index (χ3v) is 6.01. The van der Waals surface area contributed by atoms with Gasteiger partial charge in [0.25, 0.3) is 0 Å². The van der Waals surface area contributed by atoms with Gasteiger partial charge in [0.15, 0.2) is 0 Å². The molecule has 1 atom stereocenters. The van der Waals surface area contributed by atoms with E-state index < -0.39 is 0 Å². The summed E-state index contributed by atoms with van der Waals surface area (Å²) in [6.45, 7) is 0. The number of hydrogen-bond donors (Lipinski definition) is 0. The molecular formula is C26H24. The van der Waals surface area contributed by atoms with Crippen LogP contribution in [-0.2, 0) is 0 Å². The Morgan fingerprint density at radius 2 is 1.65 bits per heavy atom. The molecule has 0 radical (unpaired) electrons. The Hall–Kier alpha value is -2.60. The number of fused-ring (bicyclic) bond motifs is 3. The van der Waals surface area contributed by atoms with Gasteiger partial charge in [-0.25, -0.2) is 0 Å². The van der Waals surface area contributed by atoms with Crippen molar-refractivity contribution >= 4 is 22.4 Å². The van der Waals surface area contributed by atoms with Crippen LogP contribution in [0.25, 0.3) is 22.4 Å². The van der Waals surface area contributed by atoms with Gasteiger partial charge in [0, 0.05) is 5.92 Å². The molecule has 0 N–H and O–H groups in total. The van der Waals surface area contributed by atoms with Crippen molar-refractivity contribution in [3.8, 4) is 0 Å². The first kappa shape index (κ1) is 15.6. The maximum Gasteiger partial charge on any atom is 0.0136 e. The molecule has 0 amide bonds. The zero-order chi connectivity index (χ0) is 17.3. The molecule has 3 aromatic rings. The summed E-state index contributed by atoms with van der Waals surface area (Å²) >= 11 is 0. The molecule has 0 aliphatic heterocycles. The zero-order valence-electron chi connectivity index (χ0n) is 15.1. The highest BCUT2D eigenvalue weighted by Crippen LogP contribution is 2.42. The van der Waals surface area contributed by atoms with Gasteiger partial charge in [0.1, 0.15) is 0 Å². The molecule has 1 unspecified atom stereocenters. The monoisotopic (exact) mass is 336 g/mol. The van der Waals surface area contributed by atoms with Crippen LogP contribution in [0.1, 0.15) is 60.3 Å². The van der Waals surface area contributed by atoms with Gasteiger partial charge in [0.2, 0.25) is 0 Å². The van der Waals surface area contributed by atoms with Crippen molar-refractivity contribution in [1.29, 1.82) is 0 Å². The Bertz CT molecular complexity index is 1020. The summed E-state index contributed by atoms with van der Waals surface area (Å²) in [5.74, 6) is 0.457. The van der Waals surface area contributed by atoms with Gasteiger partial charge >= 0.3 is 0 Å². The Balaban J connectivity index is 1.67. The molecular weight excluding hydrogens is 312 g/mol. The van der Waals surface area contributed by atoms with Crippen LogP contribution in [0.15, 0.2) is 72.8 Å². The largest absolute Gasteiger partial charge is 0.0830 e. The van der Waals surface area contributed by atoms with E-state index in [0.717, 1.165) is 6.42 Å². The third-order valence-electron chi connectivity index (χ3n) is 6.01. The molecule has 2 aliphatic rings. The maximum absolute atomic E-state index is 2.47. The molecule has 0 bridgehead atoms. The predicted octanol–water partition coefficient (Wildman–Crippen LogP) is 7.35. The average Bonchev–Trinajstić information content (AvgIpc) is 2.74. The van der Waals surface area contributed by atoms with Crippen LogP contribution in [-0.4, -0.2) is 0 Å². The van der Waals surface area contributed by atoms with E-state index in [-0.39, 0.29) is 0 Å². The van der Waals surface area contributed by atoms with E-state index in [1.165, 1.54) is 58.7 Å². The standard InChI is InChI=1S/C26H24/c1-2-9-19(10-3-1)21-13-6-7-14-23(21)25-16-8-15-24-22-12-5-4-11-20(22)17-18-26(24)25/h4-9,11-15,17-18,25H,1-3,10,16H2. The molecule has 0 heteroatoms. The Morgan fingerprint density at radius 1 is 0.769 bits per heavy atom. The molecule has 2 aliphatic carbocycles. The summed E-state index contributed by atoms with van der Waals surface area (Å²) in [4.78, 5) is 0. The number of hydrogen-bond acceptors (Lipinski definition) is 0. The fourth-order valence-corrected chi connectivity index (χ4v) is 4.72.